The molecule has 110 valence electrons. The van der Waals surface area contributed by atoms with Gasteiger partial charge in [-0.2, -0.15) is 0 Å². The Balaban J connectivity index is 2.08. The second kappa shape index (κ2) is 6.75. The van der Waals surface area contributed by atoms with Crippen LogP contribution in [0.4, 0.5) is 11.4 Å². The molecule has 1 aliphatic rings. The van der Waals surface area contributed by atoms with Crippen molar-refractivity contribution in [2.75, 3.05) is 23.3 Å². The average Bonchev–Trinajstić information content (AvgIpc) is 2.39. The second-order valence-corrected chi connectivity index (χ2v) is 5.88. The van der Waals surface area contributed by atoms with Gasteiger partial charge in [-0.15, -0.1) is 0 Å². The molecule has 0 atom stereocenters. The van der Waals surface area contributed by atoms with E-state index in [9.17, 15) is 9.90 Å². The SMILES string of the molecule is CC(C)CC(=O)Nc1ccccc1N1CCC(O)CC1. The summed E-state index contributed by atoms with van der Waals surface area (Å²) in [5.74, 6) is 0.414. The van der Waals surface area contributed by atoms with E-state index in [4.69, 9.17) is 0 Å². The molecular weight excluding hydrogens is 252 g/mol. The molecule has 4 heteroatoms. The predicted octanol–water partition coefficient (Wildman–Crippen LogP) is 2.63. The highest BCUT2D eigenvalue weighted by molar-refractivity contribution is 5.94. The van der Waals surface area contributed by atoms with Crippen LogP contribution in [0, 0.1) is 5.92 Å². The molecular formula is C16H24N2O2. The number of carbonyl (C=O) groups excluding carboxylic acids is 1. The number of anilines is 2. The number of hydrogen-bond acceptors (Lipinski definition) is 3. The lowest BCUT2D eigenvalue weighted by Crippen LogP contribution is -2.36. The lowest BCUT2D eigenvalue weighted by atomic mass is 10.1. The number of nitrogens with one attached hydrogen (secondary N) is 1. The summed E-state index contributed by atoms with van der Waals surface area (Å²) in [4.78, 5) is 14.2. The molecule has 1 aromatic carbocycles. The normalized spacial score (nSPS) is 16.5. The van der Waals surface area contributed by atoms with Gasteiger partial charge in [-0.25, -0.2) is 0 Å². The van der Waals surface area contributed by atoms with E-state index in [1.807, 2.05) is 38.1 Å². The van der Waals surface area contributed by atoms with Crippen LogP contribution in [0.15, 0.2) is 24.3 Å². The van der Waals surface area contributed by atoms with Gasteiger partial charge in [0.2, 0.25) is 5.91 Å². The summed E-state index contributed by atoms with van der Waals surface area (Å²) >= 11 is 0. The molecule has 1 fully saturated rings. The topological polar surface area (TPSA) is 52.6 Å². The molecule has 1 aromatic rings. The molecule has 1 saturated heterocycles. The second-order valence-electron chi connectivity index (χ2n) is 5.88. The zero-order valence-electron chi connectivity index (χ0n) is 12.3. The average molecular weight is 276 g/mol. The first-order chi connectivity index (χ1) is 9.56. The van der Waals surface area contributed by atoms with Gasteiger partial charge in [-0.1, -0.05) is 26.0 Å². The summed E-state index contributed by atoms with van der Waals surface area (Å²) < 4.78 is 0. The molecule has 2 rings (SSSR count). The van der Waals surface area contributed by atoms with Crippen molar-refractivity contribution in [3.63, 3.8) is 0 Å². The quantitative estimate of drug-likeness (QED) is 0.889. The van der Waals surface area contributed by atoms with Crippen molar-refractivity contribution in [3.05, 3.63) is 24.3 Å². The fourth-order valence-corrected chi connectivity index (χ4v) is 2.53. The number of amides is 1. The van der Waals surface area contributed by atoms with E-state index < -0.39 is 0 Å². The van der Waals surface area contributed by atoms with Crippen LogP contribution in [-0.4, -0.2) is 30.2 Å². The van der Waals surface area contributed by atoms with E-state index in [2.05, 4.69) is 10.2 Å². The Labute approximate surface area is 120 Å². The molecule has 2 N–H and O–H groups in total. The van der Waals surface area contributed by atoms with Gasteiger partial charge >= 0.3 is 0 Å². The summed E-state index contributed by atoms with van der Waals surface area (Å²) in [5.41, 5.74) is 1.92. The van der Waals surface area contributed by atoms with E-state index in [0.29, 0.717) is 12.3 Å². The van der Waals surface area contributed by atoms with Crippen molar-refractivity contribution in [3.8, 4) is 0 Å². The summed E-state index contributed by atoms with van der Waals surface area (Å²) in [7, 11) is 0. The van der Waals surface area contributed by atoms with Crippen molar-refractivity contribution in [1.82, 2.24) is 0 Å². The van der Waals surface area contributed by atoms with Crippen LogP contribution < -0.4 is 10.2 Å². The van der Waals surface area contributed by atoms with Gasteiger partial charge in [0, 0.05) is 19.5 Å². The number of aliphatic hydroxyl groups is 1. The molecule has 0 aliphatic carbocycles. The van der Waals surface area contributed by atoms with Crippen molar-refractivity contribution >= 4 is 17.3 Å². The first-order valence-electron chi connectivity index (χ1n) is 7.38. The van der Waals surface area contributed by atoms with Crippen molar-refractivity contribution in [1.29, 1.82) is 0 Å². The Morgan fingerprint density at radius 2 is 2.00 bits per heavy atom. The van der Waals surface area contributed by atoms with E-state index >= 15 is 0 Å². The minimum atomic E-state index is -0.186. The fourth-order valence-electron chi connectivity index (χ4n) is 2.53. The molecule has 20 heavy (non-hydrogen) atoms. The maximum absolute atomic E-state index is 11.9. The van der Waals surface area contributed by atoms with E-state index in [0.717, 1.165) is 37.3 Å². The van der Waals surface area contributed by atoms with E-state index in [1.165, 1.54) is 0 Å². The number of carbonyl (C=O) groups is 1. The molecule has 1 heterocycles. The lowest BCUT2D eigenvalue weighted by Gasteiger charge is -2.32. The maximum atomic E-state index is 11.9. The molecule has 4 nitrogen and oxygen atoms in total. The summed E-state index contributed by atoms with van der Waals surface area (Å²) in [6, 6.07) is 7.90. The lowest BCUT2D eigenvalue weighted by molar-refractivity contribution is -0.116. The highest BCUT2D eigenvalue weighted by Gasteiger charge is 2.19. The number of aliphatic hydroxyl groups excluding tert-OH is 1. The first-order valence-corrected chi connectivity index (χ1v) is 7.38. The first kappa shape index (κ1) is 14.9. The zero-order valence-corrected chi connectivity index (χ0v) is 12.3. The molecule has 0 unspecified atom stereocenters. The summed E-state index contributed by atoms with van der Waals surface area (Å²) in [5, 5.41) is 12.6. The molecule has 0 bridgehead atoms. The summed E-state index contributed by atoms with van der Waals surface area (Å²) in [6.45, 7) is 5.74. The van der Waals surface area contributed by atoms with Crippen LogP contribution in [0.3, 0.4) is 0 Å². The van der Waals surface area contributed by atoms with Gasteiger partial charge in [-0.05, 0) is 30.9 Å². The Morgan fingerprint density at radius 1 is 1.35 bits per heavy atom. The Morgan fingerprint density at radius 3 is 2.65 bits per heavy atom. The van der Waals surface area contributed by atoms with Crippen LogP contribution in [0.2, 0.25) is 0 Å². The predicted molar refractivity (Wildman–Crippen MR) is 82.0 cm³/mol. The van der Waals surface area contributed by atoms with Gasteiger partial charge in [0.15, 0.2) is 0 Å². The highest BCUT2D eigenvalue weighted by Crippen LogP contribution is 2.28. The number of benzene rings is 1. The smallest absolute Gasteiger partial charge is 0.224 e. The third-order valence-corrected chi connectivity index (χ3v) is 3.58. The van der Waals surface area contributed by atoms with Crippen LogP contribution in [0.25, 0.3) is 0 Å². The van der Waals surface area contributed by atoms with Crippen molar-refractivity contribution in [2.45, 2.75) is 39.2 Å². The molecule has 0 aromatic heterocycles. The Bertz CT molecular complexity index is 452. The monoisotopic (exact) mass is 276 g/mol. The number of para-hydroxylation sites is 2. The van der Waals surface area contributed by atoms with Crippen LogP contribution in [0.1, 0.15) is 33.1 Å². The highest BCUT2D eigenvalue weighted by atomic mass is 16.3. The maximum Gasteiger partial charge on any atom is 0.224 e. The third-order valence-electron chi connectivity index (χ3n) is 3.58. The number of piperidine rings is 1. The van der Waals surface area contributed by atoms with Gasteiger partial charge in [0.1, 0.15) is 0 Å². The van der Waals surface area contributed by atoms with Crippen LogP contribution >= 0.6 is 0 Å². The number of nitrogens with zero attached hydrogens (tertiary/aromatic N) is 1. The Hall–Kier alpha value is -1.55. The van der Waals surface area contributed by atoms with Gasteiger partial charge in [0.25, 0.3) is 0 Å². The van der Waals surface area contributed by atoms with Crippen LogP contribution in [0.5, 0.6) is 0 Å². The van der Waals surface area contributed by atoms with Gasteiger partial charge in [-0.3, -0.25) is 4.79 Å². The number of hydrogen-bond donors (Lipinski definition) is 2. The molecule has 1 amide bonds. The minimum Gasteiger partial charge on any atom is -0.393 e. The zero-order chi connectivity index (χ0) is 14.5. The van der Waals surface area contributed by atoms with Crippen LogP contribution in [-0.2, 0) is 4.79 Å². The van der Waals surface area contributed by atoms with Gasteiger partial charge in [0.05, 0.1) is 17.5 Å². The standard InChI is InChI=1S/C16H24N2O2/c1-12(2)11-16(20)17-14-5-3-4-6-15(14)18-9-7-13(19)8-10-18/h3-6,12-13,19H,7-11H2,1-2H3,(H,17,20). The van der Waals surface area contributed by atoms with Gasteiger partial charge < -0.3 is 15.3 Å². The van der Waals surface area contributed by atoms with E-state index in [-0.39, 0.29) is 12.0 Å². The molecule has 1 aliphatic heterocycles. The molecule has 0 radical (unpaired) electrons. The van der Waals surface area contributed by atoms with E-state index in [1.54, 1.807) is 0 Å². The molecule has 0 spiro atoms. The Kier molecular flexibility index (Phi) is 5.01. The molecule has 0 saturated carbocycles. The minimum absolute atomic E-state index is 0.0597. The third kappa shape index (κ3) is 3.97. The fraction of sp³-hybridized carbons (Fsp3) is 0.562. The summed E-state index contributed by atoms with van der Waals surface area (Å²) in [6.07, 6.45) is 1.92. The largest absolute Gasteiger partial charge is 0.393 e. The van der Waals surface area contributed by atoms with Crippen molar-refractivity contribution < 1.29 is 9.90 Å². The number of rotatable bonds is 4. The van der Waals surface area contributed by atoms with Crippen molar-refractivity contribution in [2.24, 2.45) is 5.92 Å².